The molecule has 0 aliphatic heterocycles. The Morgan fingerprint density at radius 3 is 2.57 bits per heavy atom. The topological polar surface area (TPSA) is 74.5 Å². The number of ether oxygens (including phenoxy) is 2. The highest BCUT2D eigenvalue weighted by molar-refractivity contribution is 5.92. The Labute approximate surface area is 175 Å². The highest BCUT2D eigenvalue weighted by atomic mass is 16.5. The third-order valence-electron chi connectivity index (χ3n) is 4.79. The van der Waals surface area contributed by atoms with Crippen molar-refractivity contribution in [3.8, 4) is 17.2 Å². The Hall–Kier alpha value is -3.74. The van der Waals surface area contributed by atoms with Gasteiger partial charge in [-0.1, -0.05) is 30.3 Å². The first-order valence-electron chi connectivity index (χ1n) is 9.50. The van der Waals surface area contributed by atoms with Gasteiger partial charge in [-0.05, 0) is 43.2 Å². The largest absolute Gasteiger partial charge is 0.493 e. The van der Waals surface area contributed by atoms with E-state index in [1.807, 2.05) is 42.5 Å². The van der Waals surface area contributed by atoms with E-state index in [9.17, 15) is 9.59 Å². The van der Waals surface area contributed by atoms with E-state index in [1.54, 1.807) is 37.9 Å². The minimum Gasteiger partial charge on any atom is -0.493 e. The molecule has 0 saturated carbocycles. The molecule has 156 valence electrons. The first kappa shape index (κ1) is 21.0. The highest BCUT2D eigenvalue weighted by Crippen LogP contribution is 2.28. The van der Waals surface area contributed by atoms with Gasteiger partial charge in [0.2, 0.25) is 0 Å². The van der Waals surface area contributed by atoms with Gasteiger partial charge in [0.15, 0.2) is 18.1 Å². The zero-order valence-electron chi connectivity index (χ0n) is 17.3. The van der Waals surface area contributed by atoms with E-state index in [2.05, 4.69) is 11.9 Å². The quantitative estimate of drug-likeness (QED) is 0.582. The second-order valence-electron chi connectivity index (χ2n) is 6.75. The highest BCUT2D eigenvalue weighted by Gasteiger charge is 2.18. The summed E-state index contributed by atoms with van der Waals surface area (Å²) in [7, 11) is 3.31. The number of amides is 1. The normalized spacial score (nSPS) is 10.5. The fourth-order valence-electron chi connectivity index (χ4n) is 3.16. The van der Waals surface area contributed by atoms with Crippen LogP contribution in [0.25, 0.3) is 5.69 Å². The SMILES string of the molecule is C=CCc1ccc(OCC(=O)Nc2c(C)n(C)n(-c3ccccc3)c2=O)c(OC)c1. The van der Waals surface area contributed by atoms with Gasteiger partial charge in [0.25, 0.3) is 11.5 Å². The van der Waals surface area contributed by atoms with Crippen molar-refractivity contribution in [1.82, 2.24) is 9.36 Å². The Morgan fingerprint density at radius 2 is 1.90 bits per heavy atom. The predicted octanol–water partition coefficient (Wildman–Crippen LogP) is 3.24. The van der Waals surface area contributed by atoms with Crippen LogP contribution >= 0.6 is 0 Å². The first-order valence-corrected chi connectivity index (χ1v) is 9.50. The fourth-order valence-corrected chi connectivity index (χ4v) is 3.16. The van der Waals surface area contributed by atoms with Crippen LogP contribution < -0.4 is 20.3 Å². The molecule has 1 heterocycles. The van der Waals surface area contributed by atoms with Gasteiger partial charge >= 0.3 is 0 Å². The van der Waals surface area contributed by atoms with Crippen molar-refractivity contribution in [2.75, 3.05) is 19.0 Å². The smallest absolute Gasteiger partial charge is 0.295 e. The van der Waals surface area contributed by atoms with Crippen LogP contribution in [0.3, 0.4) is 0 Å². The minimum atomic E-state index is -0.432. The van der Waals surface area contributed by atoms with Crippen LogP contribution in [0.1, 0.15) is 11.3 Å². The van der Waals surface area contributed by atoms with E-state index in [0.29, 0.717) is 29.3 Å². The molecule has 1 aromatic heterocycles. The number of hydrogen-bond donors (Lipinski definition) is 1. The summed E-state index contributed by atoms with van der Waals surface area (Å²) >= 11 is 0. The van der Waals surface area contributed by atoms with Crippen molar-refractivity contribution >= 4 is 11.6 Å². The molecule has 0 atom stereocenters. The van der Waals surface area contributed by atoms with Crippen molar-refractivity contribution in [2.45, 2.75) is 13.3 Å². The number of rotatable bonds is 8. The molecule has 1 amide bonds. The molecule has 7 heteroatoms. The first-order chi connectivity index (χ1) is 14.5. The molecule has 0 aliphatic rings. The van der Waals surface area contributed by atoms with Crippen LogP contribution in [0.2, 0.25) is 0 Å². The number of benzene rings is 2. The van der Waals surface area contributed by atoms with Crippen molar-refractivity contribution in [2.24, 2.45) is 7.05 Å². The number of hydrogen-bond acceptors (Lipinski definition) is 4. The molecule has 0 saturated heterocycles. The van der Waals surface area contributed by atoms with E-state index in [-0.39, 0.29) is 17.9 Å². The molecule has 2 aromatic carbocycles. The van der Waals surface area contributed by atoms with Gasteiger partial charge in [-0.25, -0.2) is 4.68 Å². The van der Waals surface area contributed by atoms with Crippen LogP contribution in [0.4, 0.5) is 5.69 Å². The van der Waals surface area contributed by atoms with Crippen LogP contribution in [0.5, 0.6) is 11.5 Å². The van der Waals surface area contributed by atoms with Crippen LogP contribution in [-0.4, -0.2) is 29.0 Å². The second kappa shape index (κ2) is 9.17. The summed E-state index contributed by atoms with van der Waals surface area (Å²) in [6.45, 7) is 5.24. The number of carbonyl (C=O) groups is 1. The Morgan fingerprint density at radius 1 is 1.17 bits per heavy atom. The average molecular weight is 407 g/mol. The molecule has 30 heavy (non-hydrogen) atoms. The molecule has 0 bridgehead atoms. The van der Waals surface area contributed by atoms with Gasteiger partial charge in [0, 0.05) is 7.05 Å². The van der Waals surface area contributed by atoms with E-state index >= 15 is 0 Å². The van der Waals surface area contributed by atoms with Crippen molar-refractivity contribution in [3.05, 3.63) is 82.8 Å². The third kappa shape index (κ3) is 4.30. The summed E-state index contributed by atoms with van der Waals surface area (Å²) in [4.78, 5) is 25.3. The summed E-state index contributed by atoms with van der Waals surface area (Å²) in [6.07, 6.45) is 2.51. The fraction of sp³-hybridized carbons (Fsp3) is 0.217. The average Bonchev–Trinajstić information content (AvgIpc) is 2.96. The van der Waals surface area contributed by atoms with Crippen LogP contribution in [0.15, 0.2) is 66.0 Å². The van der Waals surface area contributed by atoms with Crippen molar-refractivity contribution in [1.29, 1.82) is 0 Å². The number of anilines is 1. The number of para-hydroxylation sites is 1. The molecule has 0 fully saturated rings. The Bertz CT molecular complexity index is 1110. The van der Waals surface area contributed by atoms with Crippen LogP contribution in [0, 0.1) is 6.92 Å². The lowest BCUT2D eigenvalue weighted by Gasteiger charge is -2.11. The van der Waals surface area contributed by atoms with Gasteiger partial charge < -0.3 is 14.8 Å². The molecule has 0 unspecified atom stereocenters. The van der Waals surface area contributed by atoms with Crippen LogP contribution in [-0.2, 0) is 18.3 Å². The number of nitrogens with zero attached hydrogens (tertiary/aromatic N) is 2. The van der Waals surface area contributed by atoms with Crippen molar-refractivity contribution in [3.63, 3.8) is 0 Å². The molecule has 7 nitrogen and oxygen atoms in total. The maximum Gasteiger partial charge on any atom is 0.295 e. The molecule has 0 radical (unpaired) electrons. The standard InChI is InChI=1S/C23H25N3O4/c1-5-9-17-12-13-19(20(14-17)29-4)30-15-21(27)24-22-16(2)25(3)26(23(22)28)18-10-7-6-8-11-18/h5-8,10-14H,1,9,15H2,2-4H3,(H,24,27). The molecule has 3 aromatic rings. The maximum atomic E-state index is 12.9. The van der Waals surface area contributed by atoms with Gasteiger partial charge in [0.05, 0.1) is 18.5 Å². The zero-order valence-corrected chi connectivity index (χ0v) is 17.3. The number of carbonyl (C=O) groups excluding carboxylic acids is 1. The van der Waals surface area contributed by atoms with Gasteiger partial charge in [-0.15, -0.1) is 6.58 Å². The molecule has 1 N–H and O–H groups in total. The lowest BCUT2D eigenvalue weighted by atomic mass is 10.1. The Balaban J connectivity index is 1.75. The Kier molecular flexibility index (Phi) is 6.41. The number of nitrogens with one attached hydrogen (secondary N) is 1. The van der Waals surface area contributed by atoms with E-state index in [0.717, 1.165) is 5.56 Å². The molecule has 0 aliphatic carbocycles. The second-order valence-corrected chi connectivity index (χ2v) is 6.75. The minimum absolute atomic E-state index is 0.225. The number of methoxy groups -OCH3 is 1. The maximum absolute atomic E-state index is 12.9. The molecule has 3 rings (SSSR count). The van der Waals surface area contributed by atoms with Gasteiger partial charge in [-0.2, -0.15) is 0 Å². The monoisotopic (exact) mass is 407 g/mol. The third-order valence-corrected chi connectivity index (χ3v) is 4.79. The summed E-state index contributed by atoms with van der Waals surface area (Å²) in [5, 5.41) is 2.68. The summed E-state index contributed by atoms with van der Waals surface area (Å²) < 4.78 is 14.2. The summed E-state index contributed by atoms with van der Waals surface area (Å²) in [5.41, 5.74) is 2.31. The van der Waals surface area contributed by atoms with Gasteiger partial charge in [0.1, 0.15) is 5.69 Å². The number of aromatic nitrogens is 2. The summed E-state index contributed by atoms with van der Waals surface area (Å²) in [5.74, 6) is 0.551. The predicted molar refractivity (Wildman–Crippen MR) is 117 cm³/mol. The molecular weight excluding hydrogens is 382 g/mol. The summed E-state index contributed by atoms with van der Waals surface area (Å²) in [6, 6.07) is 14.7. The lowest BCUT2D eigenvalue weighted by molar-refractivity contribution is -0.118. The molecule has 0 spiro atoms. The van der Waals surface area contributed by atoms with E-state index in [1.165, 1.54) is 4.68 Å². The van der Waals surface area contributed by atoms with E-state index < -0.39 is 5.91 Å². The van der Waals surface area contributed by atoms with Gasteiger partial charge in [-0.3, -0.25) is 14.3 Å². The lowest BCUT2D eigenvalue weighted by Crippen LogP contribution is -2.25. The zero-order chi connectivity index (χ0) is 21.7. The number of allylic oxidation sites excluding steroid dienone is 1. The van der Waals surface area contributed by atoms with Crippen molar-refractivity contribution < 1.29 is 14.3 Å². The van der Waals surface area contributed by atoms with E-state index in [4.69, 9.17) is 9.47 Å². The molecular formula is C23H25N3O4.